The maximum Gasteiger partial charge on any atom is 0.335 e. The van der Waals surface area contributed by atoms with Crippen LogP contribution in [-0.2, 0) is 4.79 Å². The second kappa shape index (κ2) is 7.00. The zero-order valence-electron chi connectivity index (χ0n) is 8.59. The predicted molar refractivity (Wildman–Crippen MR) is 61.3 cm³/mol. The lowest BCUT2D eigenvalue weighted by Crippen LogP contribution is -1.94. The highest BCUT2D eigenvalue weighted by molar-refractivity contribution is 5.87. The number of benzene rings is 1. The summed E-state index contributed by atoms with van der Waals surface area (Å²) in [6.07, 6.45) is 2.51. The third kappa shape index (κ3) is 5.39. The lowest BCUT2D eigenvalue weighted by molar-refractivity contribution is -0.131. The third-order valence-corrected chi connectivity index (χ3v) is 1.57. The van der Waals surface area contributed by atoms with E-state index in [2.05, 4.69) is 13.2 Å². The van der Waals surface area contributed by atoms with E-state index in [1.165, 1.54) is 0 Å². The van der Waals surface area contributed by atoms with Crippen molar-refractivity contribution in [2.75, 3.05) is 0 Å². The van der Waals surface area contributed by atoms with E-state index in [-0.39, 0.29) is 0 Å². The van der Waals surface area contributed by atoms with E-state index < -0.39 is 11.9 Å². The molecule has 0 unspecified atom stereocenters. The van der Waals surface area contributed by atoms with E-state index >= 15 is 0 Å². The Morgan fingerprint density at radius 1 is 1.06 bits per heavy atom. The third-order valence-electron chi connectivity index (χ3n) is 1.57. The van der Waals surface area contributed by atoms with Gasteiger partial charge in [-0.25, -0.2) is 9.59 Å². The summed E-state index contributed by atoms with van der Waals surface area (Å²) >= 11 is 0. The van der Waals surface area contributed by atoms with Gasteiger partial charge in [-0.1, -0.05) is 31.4 Å². The average molecular weight is 220 g/mol. The highest BCUT2D eigenvalue weighted by Gasteiger charge is 1.99. The fourth-order valence-corrected chi connectivity index (χ4v) is 0.762. The fraction of sp³-hybridized carbons (Fsp3) is 0. The van der Waals surface area contributed by atoms with Gasteiger partial charge < -0.3 is 10.2 Å². The zero-order valence-corrected chi connectivity index (χ0v) is 8.59. The Kier molecular flexibility index (Phi) is 5.97. The lowest BCUT2D eigenvalue weighted by Gasteiger charge is -1.93. The summed E-state index contributed by atoms with van der Waals surface area (Å²) in [5.74, 6) is -1.88. The minimum Gasteiger partial charge on any atom is -0.478 e. The molecular formula is C12H12O4. The van der Waals surface area contributed by atoms with Crippen LogP contribution in [-0.4, -0.2) is 22.2 Å². The Balaban J connectivity index is 0.000000385. The van der Waals surface area contributed by atoms with E-state index in [4.69, 9.17) is 10.2 Å². The molecule has 2 N–H and O–H groups in total. The van der Waals surface area contributed by atoms with Gasteiger partial charge in [-0.05, 0) is 17.7 Å². The molecule has 0 radical (unpaired) electrons. The van der Waals surface area contributed by atoms with E-state index in [1.807, 2.05) is 0 Å². The standard InChI is InChI=1S/C9H8O2.C3H4O2/c1-2-7-3-5-8(6-4-7)9(10)11;1-2-3(4)5/h2-6H,1H2,(H,10,11);2H,1H2,(H,4,5). The van der Waals surface area contributed by atoms with Gasteiger partial charge in [0.1, 0.15) is 0 Å². The predicted octanol–water partition coefficient (Wildman–Crippen LogP) is 2.28. The first-order chi connectivity index (χ1) is 7.51. The monoisotopic (exact) mass is 220 g/mol. The van der Waals surface area contributed by atoms with Crippen LogP contribution in [0.3, 0.4) is 0 Å². The highest BCUT2D eigenvalue weighted by atomic mass is 16.4. The van der Waals surface area contributed by atoms with Gasteiger partial charge in [-0.15, -0.1) is 0 Å². The first-order valence-corrected chi connectivity index (χ1v) is 4.32. The summed E-state index contributed by atoms with van der Waals surface area (Å²) in [5.41, 5.74) is 1.23. The number of carboxylic acid groups (broad SMARTS) is 2. The van der Waals surface area contributed by atoms with Crippen LogP contribution in [0.2, 0.25) is 0 Å². The van der Waals surface area contributed by atoms with Crippen molar-refractivity contribution in [3.63, 3.8) is 0 Å². The van der Waals surface area contributed by atoms with Crippen LogP contribution in [0.1, 0.15) is 15.9 Å². The van der Waals surface area contributed by atoms with Gasteiger partial charge in [0.15, 0.2) is 0 Å². The van der Waals surface area contributed by atoms with Crippen LogP contribution in [0.5, 0.6) is 0 Å². The summed E-state index contributed by atoms with van der Waals surface area (Å²) in [5, 5.41) is 16.1. The molecule has 0 aromatic heterocycles. The maximum atomic E-state index is 10.4. The first-order valence-electron chi connectivity index (χ1n) is 4.32. The van der Waals surface area contributed by atoms with Gasteiger partial charge in [0, 0.05) is 6.08 Å². The largest absolute Gasteiger partial charge is 0.478 e. The quantitative estimate of drug-likeness (QED) is 0.766. The second-order valence-corrected chi connectivity index (χ2v) is 2.67. The van der Waals surface area contributed by atoms with Crippen molar-refractivity contribution in [2.45, 2.75) is 0 Å². The summed E-state index contributed by atoms with van der Waals surface area (Å²) in [7, 11) is 0. The Morgan fingerprint density at radius 2 is 1.50 bits per heavy atom. The molecule has 0 amide bonds. The van der Waals surface area contributed by atoms with Gasteiger partial charge in [-0.3, -0.25) is 0 Å². The normalized spacial score (nSPS) is 8.25. The number of aromatic carboxylic acids is 1. The summed E-state index contributed by atoms with van der Waals surface area (Å²) in [6, 6.07) is 6.55. The van der Waals surface area contributed by atoms with Gasteiger partial charge in [-0.2, -0.15) is 0 Å². The molecule has 4 nitrogen and oxygen atoms in total. The smallest absolute Gasteiger partial charge is 0.335 e. The van der Waals surface area contributed by atoms with Gasteiger partial charge >= 0.3 is 11.9 Å². The van der Waals surface area contributed by atoms with Crippen molar-refractivity contribution in [1.29, 1.82) is 0 Å². The second-order valence-electron chi connectivity index (χ2n) is 2.67. The molecule has 1 aromatic rings. The van der Waals surface area contributed by atoms with Crippen LogP contribution in [0.4, 0.5) is 0 Å². The fourth-order valence-electron chi connectivity index (χ4n) is 0.762. The summed E-state index contributed by atoms with van der Waals surface area (Å²) in [4.78, 5) is 19.6. The number of rotatable bonds is 3. The highest BCUT2D eigenvalue weighted by Crippen LogP contribution is 2.04. The molecule has 0 saturated heterocycles. The minimum absolute atomic E-state index is 0.301. The number of hydrogen-bond donors (Lipinski definition) is 2. The average Bonchev–Trinajstić information content (AvgIpc) is 2.29. The Labute approximate surface area is 93.2 Å². The van der Waals surface area contributed by atoms with Crippen LogP contribution in [0, 0.1) is 0 Å². The van der Waals surface area contributed by atoms with Gasteiger partial charge in [0.05, 0.1) is 5.56 Å². The van der Waals surface area contributed by atoms with E-state index in [0.29, 0.717) is 5.56 Å². The van der Waals surface area contributed by atoms with Gasteiger partial charge in [0.2, 0.25) is 0 Å². The van der Waals surface area contributed by atoms with Crippen molar-refractivity contribution in [3.8, 4) is 0 Å². The molecule has 84 valence electrons. The Bertz CT molecular complexity index is 390. The molecule has 1 aromatic carbocycles. The molecule has 0 saturated carbocycles. The molecule has 0 aliphatic carbocycles. The molecule has 16 heavy (non-hydrogen) atoms. The molecule has 0 spiro atoms. The van der Waals surface area contributed by atoms with Crippen LogP contribution < -0.4 is 0 Å². The zero-order chi connectivity index (χ0) is 12.6. The van der Waals surface area contributed by atoms with Crippen molar-refractivity contribution in [1.82, 2.24) is 0 Å². The summed E-state index contributed by atoms with van der Waals surface area (Å²) in [6.45, 7) is 6.52. The van der Waals surface area contributed by atoms with Crippen LogP contribution in [0.15, 0.2) is 43.5 Å². The molecule has 0 aliphatic rings. The molecular weight excluding hydrogens is 208 g/mol. The number of aliphatic carboxylic acids is 1. The van der Waals surface area contributed by atoms with E-state index in [9.17, 15) is 9.59 Å². The molecule has 1 rings (SSSR count). The molecule has 4 heteroatoms. The maximum absolute atomic E-state index is 10.4. The number of carboxylic acids is 2. The first kappa shape index (κ1) is 13.6. The van der Waals surface area contributed by atoms with Crippen LogP contribution in [0.25, 0.3) is 6.08 Å². The molecule has 0 bridgehead atoms. The SMILES string of the molecule is C=CC(=O)O.C=Cc1ccc(C(=O)O)cc1. The molecule has 0 aliphatic heterocycles. The van der Waals surface area contributed by atoms with Crippen molar-refractivity contribution < 1.29 is 19.8 Å². The van der Waals surface area contributed by atoms with Gasteiger partial charge in [0.25, 0.3) is 0 Å². The van der Waals surface area contributed by atoms with E-state index in [1.54, 1.807) is 30.3 Å². The number of hydrogen-bond acceptors (Lipinski definition) is 2. The van der Waals surface area contributed by atoms with Crippen molar-refractivity contribution >= 4 is 18.0 Å². The Hall–Kier alpha value is -2.36. The minimum atomic E-state index is -0.981. The van der Waals surface area contributed by atoms with Crippen LogP contribution >= 0.6 is 0 Å². The topological polar surface area (TPSA) is 74.6 Å². The van der Waals surface area contributed by atoms with Crippen molar-refractivity contribution in [3.05, 3.63) is 54.6 Å². The lowest BCUT2D eigenvalue weighted by atomic mass is 10.1. The van der Waals surface area contributed by atoms with E-state index in [0.717, 1.165) is 11.6 Å². The Morgan fingerprint density at radius 3 is 1.75 bits per heavy atom. The molecule has 0 atom stereocenters. The summed E-state index contributed by atoms with van der Waals surface area (Å²) < 4.78 is 0. The van der Waals surface area contributed by atoms with Crippen molar-refractivity contribution in [2.24, 2.45) is 0 Å². The number of carbonyl (C=O) groups is 2. The molecule has 0 heterocycles. The molecule has 0 fully saturated rings.